The number of amides is 1. The molecular formula is C18H27N3O4S2. The highest BCUT2D eigenvalue weighted by molar-refractivity contribution is 8.00. The molecule has 1 atom stereocenters. The monoisotopic (exact) mass is 413 g/mol. The van der Waals surface area contributed by atoms with Gasteiger partial charge in [0.2, 0.25) is 15.9 Å². The Morgan fingerprint density at radius 3 is 2.22 bits per heavy atom. The van der Waals surface area contributed by atoms with E-state index in [0.717, 1.165) is 4.31 Å². The zero-order valence-electron chi connectivity index (χ0n) is 16.8. The van der Waals surface area contributed by atoms with Crippen LogP contribution in [0.15, 0.2) is 32.7 Å². The summed E-state index contributed by atoms with van der Waals surface area (Å²) in [7, 11) is -0.585. The topological polar surface area (TPSA) is 83.7 Å². The van der Waals surface area contributed by atoms with Gasteiger partial charge in [-0.15, -0.1) is 0 Å². The van der Waals surface area contributed by atoms with Gasteiger partial charge in [-0.3, -0.25) is 4.79 Å². The summed E-state index contributed by atoms with van der Waals surface area (Å²) in [6.07, 6.45) is 0. The average Bonchev–Trinajstić information content (AvgIpc) is 2.94. The van der Waals surface area contributed by atoms with Crippen molar-refractivity contribution < 1.29 is 17.6 Å². The van der Waals surface area contributed by atoms with E-state index in [1.165, 1.54) is 38.0 Å². The van der Waals surface area contributed by atoms with Gasteiger partial charge in [-0.05, 0) is 52.8 Å². The van der Waals surface area contributed by atoms with Crippen LogP contribution in [0, 0.1) is 0 Å². The van der Waals surface area contributed by atoms with Gasteiger partial charge in [0.15, 0.2) is 5.58 Å². The number of rotatable bonds is 7. The van der Waals surface area contributed by atoms with Gasteiger partial charge in [-0.25, -0.2) is 17.7 Å². The number of carbonyl (C=O) groups excluding carboxylic acids is 1. The maximum Gasteiger partial charge on any atom is 0.257 e. The highest BCUT2D eigenvalue weighted by Crippen LogP contribution is 2.29. The van der Waals surface area contributed by atoms with Crippen LogP contribution >= 0.6 is 11.8 Å². The minimum atomic E-state index is -3.54. The smallest absolute Gasteiger partial charge is 0.257 e. The third kappa shape index (κ3) is 4.64. The number of hydrogen-bond acceptors (Lipinski definition) is 6. The molecule has 1 aromatic carbocycles. The van der Waals surface area contributed by atoms with E-state index in [2.05, 4.69) is 4.98 Å². The van der Waals surface area contributed by atoms with Crippen LogP contribution in [0.25, 0.3) is 11.1 Å². The van der Waals surface area contributed by atoms with E-state index in [1.807, 2.05) is 39.5 Å². The summed E-state index contributed by atoms with van der Waals surface area (Å²) in [4.78, 5) is 19.1. The van der Waals surface area contributed by atoms with Gasteiger partial charge in [0.1, 0.15) is 5.52 Å². The molecule has 150 valence electrons. The predicted molar refractivity (Wildman–Crippen MR) is 107 cm³/mol. The molecule has 0 N–H and O–H groups in total. The Balaban J connectivity index is 2.26. The summed E-state index contributed by atoms with van der Waals surface area (Å²) in [6.45, 7) is 9.77. The number of thioether (sulfide) groups is 1. The lowest BCUT2D eigenvalue weighted by Crippen LogP contribution is -2.45. The van der Waals surface area contributed by atoms with E-state index >= 15 is 0 Å². The molecular weight excluding hydrogens is 386 g/mol. The van der Waals surface area contributed by atoms with Crippen LogP contribution in [-0.4, -0.2) is 59.9 Å². The molecule has 2 rings (SSSR count). The second-order valence-electron chi connectivity index (χ2n) is 7.09. The Bertz CT molecular complexity index is 912. The number of hydrogen-bond donors (Lipinski definition) is 0. The van der Waals surface area contributed by atoms with Gasteiger partial charge in [-0.2, -0.15) is 0 Å². The van der Waals surface area contributed by atoms with Crippen LogP contribution in [0.4, 0.5) is 0 Å². The first-order valence-corrected chi connectivity index (χ1v) is 11.1. The van der Waals surface area contributed by atoms with E-state index in [9.17, 15) is 13.2 Å². The van der Waals surface area contributed by atoms with Gasteiger partial charge in [0, 0.05) is 26.2 Å². The van der Waals surface area contributed by atoms with Crippen molar-refractivity contribution in [2.75, 3.05) is 14.1 Å². The first-order chi connectivity index (χ1) is 12.4. The van der Waals surface area contributed by atoms with Crippen LogP contribution in [0.5, 0.6) is 0 Å². The van der Waals surface area contributed by atoms with Crippen molar-refractivity contribution in [3.8, 4) is 0 Å². The SMILES string of the molecule is CC(C)N(C(=O)[C@@H](C)Sc1nc2cc(S(=O)(=O)N(C)C)ccc2o1)C(C)C. The van der Waals surface area contributed by atoms with E-state index in [4.69, 9.17) is 4.42 Å². The molecule has 1 heterocycles. The molecule has 1 amide bonds. The summed E-state index contributed by atoms with van der Waals surface area (Å²) >= 11 is 1.23. The second-order valence-corrected chi connectivity index (χ2v) is 10.5. The van der Waals surface area contributed by atoms with Gasteiger partial charge in [-0.1, -0.05) is 11.8 Å². The summed E-state index contributed by atoms with van der Waals surface area (Å²) < 4.78 is 31.4. The number of sulfonamides is 1. The standard InChI is InChI=1S/C18H27N3O4S2/c1-11(2)21(12(3)4)17(22)13(5)26-18-19-15-10-14(8-9-16(15)25-18)27(23,24)20(6)7/h8-13H,1-7H3/t13-/m1/s1. The number of oxazole rings is 1. The van der Waals surface area contributed by atoms with Gasteiger partial charge in [0.25, 0.3) is 5.22 Å². The van der Waals surface area contributed by atoms with E-state index in [1.54, 1.807) is 6.07 Å². The van der Waals surface area contributed by atoms with Crippen LogP contribution in [-0.2, 0) is 14.8 Å². The van der Waals surface area contributed by atoms with E-state index in [0.29, 0.717) is 16.3 Å². The molecule has 27 heavy (non-hydrogen) atoms. The molecule has 7 nitrogen and oxygen atoms in total. The molecule has 0 fully saturated rings. The molecule has 2 aromatic rings. The molecule has 0 aliphatic carbocycles. The van der Waals surface area contributed by atoms with Crippen molar-refractivity contribution in [3.05, 3.63) is 18.2 Å². The quantitative estimate of drug-likeness (QED) is 0.648. The molecule has 0 saturated carbocycles. The number of benzene rings is 1. The second kappa shape index (κ2) is 8.20. The molecule has 0 spiro atoms. The van der Waals surface area contributed by atoms with Crippen LogP contribution in [0.1, 0.15) is 34.6 Å². The summed E-state index contributed by atoms with van der Waals surface area (Å²) in [5, 5.41) is -0.0226. The van der Waals surface area contributed by atoms with Gasteiger partial charge in [0.05, 0.1) is 10.1 Å². The number of fused-ring (bicyclic) bond motifs is 1. The summed E-state index contributed by atoms with van der Waals surface area (Å²) in [5.74, 6) is 0.0168. The van der Waals surface area contributed by atoms with Crippen molar-refractivity contribution in [2.24, 2.45) is 0 Å². The molecule has 1 aromatic heterocycles. The molecule has 0 aliphatic heterocycles. The lowest BCUT2D eigenvalue weighted by Gasteiger charge is -2.32. The predicted octanol–water partition coefficient (Wildman–Crippen LogP) is 3.20. The number of nitrogens with zero attached hydrogens (tertiary/aromatic N) is 3. The highest BCUT2D eigenvalue weighted by Gasteiger charge is 2.27. The van der Waals surface area contributed by atoms with Gasteiger partial charge >= 0.3 is 0 Å². The average molecular weight is 414 g/mol. The minimum absolute atomic E-state index is 0.0168. The lowest BCUT2D eigenvalue weighted by atomic mass is 10.2. The Morgan fingerprint density at radius 1 is 1.11 bits per heavy atom. The van der Waals surface area contributed by atoms with Crippen molar-refractivity contribution >= 4 is 38.8 Å². The number of aromatic nitrogens is 1. The lowest BCUT2D eigenvalue weighted by molar-refractivity contribution is -0.133. The maximum absolute atomic E-state index is 12.8. The molecule has 0 unspecified atom stereocenters. The first-order valence-electron chi connectivity index (χ1n) is 8.77. The van der Waals surface area contributed by atoms with Crippen molar-refractivity contribution in [1.82, 2.24) is 14.2 Å². The zero-order chi connectivity index (χ0) is 20.5. The van der Waals surface area contributed by atoms with Crippen LogP contribution < -0.4 is 0 Å². The van der Waals surface area contributed by atoms with Crippen LogP contribution in [0.2, 0.25) is 0 Å². The van der Waals surface area contributed by atoms with Crippen LogP contribution in [0.3, 0.4) is 0 Å². The van der Waals surface area contributed by atoms with E-state index in [-0.39, 0.29) is 28.1 Å². The van der Waals surface area contributed by atoms with Gasteiger partial charge < -0.3 is 9.32 Å². The van der Waals surface area contributed by atoms with Crippen molar-refractivity contribution in [3.63, 3.8) is 0 Å². The fraction of sp³-hybridized carbons (Fsp3) is 0.556. The summed E-state index contributed by atoms with van der Waals surface area (Å²) in [6, 6.07) is 4.76. The third-order valence-corrected chi connectivity index (χ3v) is 6.85. The largest absolute Gasteiger partial charge is 0.431 e. The Labute approximate surface area is 165 Å². The van der Waals surface area contributed by atoms with Crippen molar-refractivity contribution in [2.45, 2.75) is 62.1 Å². The first kappa shape index (κ1) is 21.7. The molecule has 0 saturated heterocycles. The maximum atomic E-state index is 12.8. The highest BCUT2D eigenvalue weighted by atomic mass is 32.2. The third-order valence-electron chi connectivity index (χ3n) is 4.11. The van der Waals surface area contributed by atoms with Crippen molar-refractivity contribution in [1.29, 1.82) is 0 Å². The Morgan fingerprint density at radius 2 is 1.70 bits per heavy atom. The fourth-order valence-electron chi connectivity index (χ4n) is 2.82. The Kier molecular flexibility index (Phi) is 6.59. The molecule has 0 bridgehead atoms. The zero-order valence-corrected chi connectivity index (χ0v) is 18.4. The summed E-state index contributed by atoms with van der Waals surface area (Å²) in [5.41, 5.74) is 0.934. The Hall–Kier alpha value is -1.58. The fourth-order valence-corrected chi connectivity index (χ4v) is 4.56. The molecule has 0 aliphatic rings. The normalized spacial score (nSPS) is 13.7. The minimum Gasteiger partial charge on any atom is -0.431 e. The molecule has 0 radical (unpaired) electrons. The van der Waals surface area contributed by atoms with E-state index < -0.39 is 10.0 Å². The molecule has 9 heteroatoms. The number of carbonyl (C=O) groups is 1.